The number of hydrogen-bond acceptors (Lipinski definition) is 4. The third-order valence-corrected chi connectivity index (χ3v) is 6.17. The van der Waals surface area contributed by atoms with Crippen molar-refractivity contribution in [3.63, 3.8) is 0 Å². The van der Waals surface area contributed by atoms with Crippen molar-refractivity contribution in [3.05, 3.63) is 63.6 Å². The molecular weight excluding hydrogens is 398 g/mol. The van der Waals surface area contributed by atoms with Crippen LogP contribution in [0.25, 0.3) is 5.65 Å². The van der Waals surface area contributed by atoms with Crippen LogP contribution >= 0.6 is 11.6 Å². The number of amides is 1. The molecule has 1 fully saturated rings. The maximum absolute atomic E-state index is 12.8. The highest BCUT2D eigenvalue weighted by Crippen LogP contribution is 2.18. The highest BCUT2D eigenvalue weighted by Gasteiger charge is 2.22. The molecule has 0 radical (unpaired) electrons. The number of fused-ring (bicyclic) bond motifs is 1. The fraction of sp³-hybridized carbons (Fsp3) is 0.435. The Morgan fingerprint density at radius 3 is 2.47 bits per heavy atom. The van der Waals surface area contributed by atoms with E-state index in [1.807, 2.05) is 41.5 Å². The minimum absolute atomic E-state index is 0.219. The summed E-state index contributed by atoms with van der Waals surface area (Å²) in [5.41, 5.74) is 6.26. The molecule has 1 saturated heterocycles. The summed E-state index contributed by atoms with van der Waals surface area (Å²) in [6, 6.07) is 9.97. The molecule has 7 heteroatoms. The lowest BCUT2D eigenvalue weighted by molar-refractivity contribution is -0.133. The Bertz CT molecular complexity index is 1050. The number of benzene rings is 1. The molecule has 4 rings (SSSR count). The van der Waals surface area contributed by atoms with E-state index in [0.29, 0.717) is 12.8 Å². The van der Waals surface area contributed by atoms with Crippen molar-refractivity contribution in [2.24, 2.45) is 0 Å². The summed E-state index contributed by atoms with van der Waals surface area (Å²) in [4.78, 5) is 21.9. The van der Waals surface area contributed by atoms with Crippen LogP contribution in [0, 0.1) is 20.8 Å². The molecule has 2 aromatic heterocycles. The monoisotopic (exact) mass is 425 g/mol. The van der Waals surface area contributed by atoms with Crippen molar-refractivity contribution in [3.8, 4) is 0 Å². The van der Waals surface area contributed by atoms with E-state index in [-0.39, 0.29) is 5.91 Å². The van der Waals surface area contributed by atoms with Crippen molar-refractivity contribution >= 4 is 23.2 Å². The maximum Gasteiger partial charge on any atom is 0.222 e. The van der Waals surface area contributed by atoms with Gasteiger partial charge in [-0.05, 0) is 50.5 Å². The predicted octanol–water partition coefficient (Wildman–Crippen LogP) is 3.58. The Morgan fingerprint density at radius 1 is 1.07 bits per heavy atom. The molecule has 158 valence electrons. The van der Waals surface area contributed by atoms with Crippen LogP contribution in [0.1, 0.15) is 34.6 Å². The Morgan fingerprint density at radius 2 is 1.77 bits per heavy atom. The van der Waals surface area contributed by atoms with Crippen LogP contribution in [-0.2, 0) is 17.8 Å². The quantitative estimate of drug-likeness (QED) is 0.627. The van der Waals surface area contributed by atoms with Crippen LogP contribution in [0.3, 0.4) is 0 Å². The fourth-order valence-electron chi connectivity index (χ4n) is 4.20. The molecule has 0 saturated carbocycles. The van der Waals surface area contributed by atoms with Crippen LogP contribution in [0.5, 0.6) is 0 Å². The molecule has 0 spiro atoms. The second kappa shape index (κ2) is 8.74. The standard InChI is InChI=1S/C23H28ClN5O/c1-16-14-22-25-17(2)21(18(3)29(22)26-16)8-9-23(30)28-12-10-27(11-13-28)15-19-4-6-20(24)7-5-19/h4-7,14H,8-13,15H2,1-3H3. The van der Waals surface area contributed by atoms with Crippen LogP contribution in [0.4, 0.5) is 0 Å². The van der Waals surface area contributed by atoms with E-state index in [9.17, 15) is 4.79 Å². The molecule has 6 nitrogen and oxygen atoms in total. The third-order valence-electron chi connectivity index (χ3n) is 5.92. The molecule has 0 bridgehead atoms. The SMILES string of the molecule is Cc1cc2nc(C)c(CCC(=O)N3CCN(Cc4ccc(Cl)cc4)CC3)c(C)n2n1. The summed E-state index contributed by atoms with van der Waals surface area (Å²) in [5.74, 6) is 0.219. The second-order valence-corrected chi connectivity index (χ2v) is 8.54. The van der Waals surface area contributed by atoms with Gasteiger partial charge in [-0.15, -0.1) is 0 Å². The van der Waals surface area contributed by atoms with Crippen molar-refractivity contribution < 1.29 is 4.79 Å². The summed E-state index contributed by atoms with van der Waals surface area (Å²) in [5, 5.41) is 5.29. The van der Waals surface area contributed by atoms with Gasteiger partial charge >= 0.3 is 0 Å². The molecule has 1 aromatic carbocycles. The van der Waals surface area contributed by atoms with E-state index in [0.717, 1.165) is 66.0 Å². The number of hydrogen-bond donors (Lipinski definition) is 0. The minimum Gasteiger partial charge on any atom is -0.340 e. The molecule has 1 amide bonds. The predicted molar refractivity (Wildman–Crippen MR) is 119 cm³/mol. The highest BCUT2D eigenvalue weighted by molar-refractivity contribution is 6.30. The first-order chi connectivity index (χ1) is 14.4. The zero-order chi connectivity index (χ0) is 21.3. The maximum atomic E-state index is 12.8. The van der Waals surface area contributed by atoms with E-state index >= 15 is 0 Å². The largest absolute Gasteiger partial charge is 0.340 e. The molecule has 0 unspecified atom stereocenters. The van der Waals surface area contributed by atoms with Crippen molar-refractivity contribution in [1.82, 2.24) is 24.4 Å². The van der Waals surface area contributed by atoms with Gasteiger partial charge < -0.3 is 4.90 Å². The lowest BCUT2D eigenvalue weighted by atomic mass is 10.1. The van der Waals surface area contributed by atoms with E-state index < -0.39 is 0 Å². The summed E-state index contributed by atoms with van der Waals surface area (Å²) in [7, 11) is 0. The highest BCUT2D eigenvalue weighted by atomic mass is 35.5. The topological polar surface area (TPSA) is 53.7 Å². The number of carbonyl (C=O) groups excluding carboxylic acids is 1. The van der Waals surface area contributed by atoms with Crippen LogP contribution in [-0.4, -0.2) is 56.5 Å². The first-order valence-corrected chi connectivity index (χ1v) is 10.9. The summed E-state index contributed by atoms with van der Waals surface area (Å²) >= 11 is 5.97. The van der Waals surface area contributed by atoms with Gasteiger partial charge in [0.05, 0.1) is 5.69 Å². The average Bonchev–Trinajstić information content (AvgIpc) is 3.10. The van der Waals surface area contributed by atoms with E-state index in [2.05, 4.69) is 34.0 Å². The first kappa shape index (κ1) is 20.8. The van der Waals surface area contributed by atoms with Crippen LogP contribution in [0.2, 0.25) is 5.02 Å². The smallest absolute Gasteiger partial charge is 0.222 e. The number of rotatable bonds is 5. The van der Waals surface area contributed by atoms with Gasteiger partial charge in [-0.3, -0.25) is 9.69 Å². The number of piperazine rings is 1. The van der Waals surface area contributed by atoms with Gasteiger partial charge in [0.25, 0.3) is 0 Å². The van der Waals surface area contributed by atoms with Crippen molar-refractivity contribution in [2.45, 2.75) is 40.2 Å². The van der Waals surface area contributed by atoms with Crippen molar-refractivity contribution in [2.75, 3.05) is 26.2 Å². The molecule has 1 aliphatic rings. The van der Waals surface area contributed by atoms with E-state index in [1.165, 1.54) is 5.56 Å². The lowest BCUT2D eigenvalue weighted by Crippen LogP contribution is -2.48. The Kier molecular flexibility index (Phi) is 6.06. The minimum atomic E-state index is 0.219. The Labute approximate surface area is 182 Å². The number of nitrogens with zero attached hydrogens (tertiary/aromatic N) is 5. The van der Waals surface area contributed by atoms with Gasteiger partial charge in [0.2, 0.25) is 5.91 Å². The van der Waals surface area contributed by atoms with E-state index in [1.54, 1.807) is 0 Å². The second-order valence-electron chi connectivity index (χ2n) is 8.10. The molecule has 0 aliphatic carbocycles. The zero-order valence-corrected chi connectivity index (χ0v) is 18.6. The molecule has 30 heavy (non-hydrogen) atoms. The average molecular weight is 426 g/mol. The molecule has 0 N–H and O–H groups in total. The zero-order valence-electron chi connectivity index (χ0n) is 17.9. The number of aromatic nitrogens is 3. The molecule has 3 aromatic rings. The Balaban J connectivity index is 1.32. The van der Waals surface area contributed by atoms with Crippen LogP contribution < -0.4 is 0 Å². The number of carbonyl (C=O) groups is 1. The number of halogens is 1. The fourth-order valence-corrected chi connectivity index (χ4v) is 4.32. The summed E-state index contributed by atoms with van der Waals surface area (Å²) in [6.45, 7) is 10.3. The third kappa shape index (κ3) is 4.50. The molecule has 3 heterocycles. The molecular formula is C23H28ClN5O. The van der Waals surface area contributed by atoms with Crippen LogP contribution in [0.15, 0.2) is 30.3 Å². The lowest BCUT2D eigenvalue weighted by Gasteiger charge is -2.35. The summed E-state index contributed by atoms with van der Waals surface area (Å²) < 4.78 is 1.89. The van der Waals surface area contributed by atoms with Gasteiger partial charge in [-0.2, -0.15) is 5.10 Å². The normalized spacial score (nSPS) is 15.1. The van der Waals surface area contributed by atoms with Gasteiger partial charge in [-0.1, -0.05) is 23.7 Å². The molecule has 0 atom stereocenters. The van der Waals surface area contributed by atoms with Gasteiger partial charge in [-0.25, -0.2) is 9.50 Å². The number of aryl methyl sites for hydroxylation is 3. The Hall–Kier alpha value is -2.44. The van der Waals surface area contributed by atoms with Gasteiger partial charge in [0, 0.05) is 61.6 Å². The van der Waals surface area contributed by atoms with Gasteiger partial charge in [0.1, 0.15) is 0 Å². The van der Waals surface area contributed by atoms with Gasteiger partial charge in [0.15, 0.2) is 5.65 Å². The summed E-state index contributed by atoms with van der Waals surface area (Å²) in [6.07, 6.45) is 1.20. The first-order valence-electron chi connectivity index (χ1n) is 10.5. The van der Waals surface area contributed by atoms with Crippen molar-refractivity contribution in [1.29, 1.82) is 0 Å². The molecule has 1 aliphatic heterocycles. The van der Waals surface area contributed by atoms with E-state index in [4.69, 9.17) is 11.6 Å².